The van der Waals surface area contributed by atoms with Crippen LogP contribution in [0.5, 0.6) is 0 Å². The van der Waals surface area contributed by atoms with Crippen LogP contribution in [-0.2, 0) is 9.84 Å². The van der Waals surface area contributed by atoms with Crippen LogP contribution in [0.2, 0.25) is 0 Å². The Bertz CT molecular complexity index is 555. The highest BCUT2D eigenvalue weighted by Crippen LogP contribution is 2.14. The number of thiocarbonyl (C=S) groups is 1. The molecule has 6 heteroatoms. The fourth-order valence-corrected chi connectivity index (χ4v) is 3.92. The lowest BCUT2D eigenvalue weighted by atomic mass is 10.2. The largest absolute Gasteiger partial charge is 0.359 e. The Kier molecular flexibility index (Phi) is 3.87. The smallest absolute Gasteiger partial charge is 0.171 e. The van der Waals surface area contributed by atoms with E-state index in [0.717, 1.165) is 11.3 Å². The predicted octanol–water partition coefficient (Wildman–Crippen LogP) is 1.47. The van der Waals surface area contributed by atoms with E-state index in [2.05, 4.69) is 10.6 Å². The van der Waals surface area contributed by atoms with E-state index in [4.69, 9.17) is 12.2 Å². The molecule has 1 aliphatic heterocycles. The van der Waals surface area contributed by atoms with Crippen LogP contribution in [0, 0.1) is 6.92 Å². The minimum Gasteiger partial charge on any atom is -0.359 e. The third-order valence-corrected chi connectivity index (χ3v) is 4.95. The van der Waals surface area contributed by atoms with Crippen molar-refractivity contribution in [1.29, 1.82) is 0 Å². The van der Waals surface area contributed by atoms with Crippen molar-refractivity contribution in [3.8, 4) is 0 Å². The summed E-state index contributed by atoms with van der Waals surface area (Å²) in [5, 5.41) is 6.62. The van der Waals surface area contributed by atoms with Gasteiger partial charge in [0.2, 0.25) is 0 Å². The zero-order valence-corrected chi connectivity index (χ0v) is 11.8. The highest BCUT2D eigenvalue weighted by molar-refractivity contribution is 7.91. The summed E-state index contributed by atoms with van der Waals surface area (Å²) < 4.78 is 22.7. The van der Waals surface area contributed by atoms with Crippen LogP contribution in [0.25, 0.3) is 0 Å². The topological polar surface area (TPSA) is 58.2 Å². The number of aryl methyl sites for hydroxylation is 1. The van der Waals surface area contributed by atoms with Gasteiger partial charge in [0.25, 0.3) is 0 Å². The molecule has 18 heavy (non-hydrogen) atoms. The van der Waals surface area contributed by atoms with Crippen molar-refractivity contribution >= 4 is 32.9 Å². The molecule has 2 rings (SSSR count). The minimum absolute atomic E-state index is 0.0704. The lowest BCUT2D eigenvalue weighted by Crippen LogP contribution is -2.38. The van der Waals surface area contributed by atoms with Gasteiger partial charge in [-0.3, -0.25) is 0 Å². The molecule has 0 amide bonds. The van der Waals surface area contributed by atoms with Gasteiger partial charge in [-0.1, -0.05) is 18.2 Å². The third-order valence-electron chi connectivity index (χ3n) is 2.96. The van der Waals surface area contributed by atoms with Crippen molar-refractivity contribution in [3.05, 3.63) is 29.8 Å². The van der Waals surface area contributed by atoms with E-state index < -0.39 is 9.84 Å². The third kappa shape index (κ3) is 3.43. The molecule has 0 aliphatic carbocycles. The summed E-state index contributed by atoms with van der Waals surface area (Å²) >= 11 is 5.19. The number of hydrogen-bond donors (Lipinski definition) is 2. The minimum atomic E-state index is -2.87. The van der Waals surface area contributed by atoms with Crippen molar-refractivity contribution < 1.29 is 8.42 Å². The fourth-order valence-electron chi connectivity index (χ4n) is 1.97. The maximum atomic E-state index is 11.3. The first kappa shape index (κ1) is 13.3. The molecule has 0 bridgehead atoms. The SMILES string of the molecule is Cc1ccccc1NC(=S)NC1CCS(=O)(=O)C1. The van der Waals surface area contributed by atoms with Gasteiger partial charge in [-0.05, 0) is 37.2 Å². The molecule has 0 aromatic heterocycles. The van der Waals surface area contributed by atoms with Gasteiger partial charge in [-0.25, -0.2) is 8.42 Å². The highest BCUT2D eigenvalue weighted by atomic mass is 32.2. The van der Waals surface area contributed by atoms with Gasteiger partial charge in [0, 0.05) is 11.7 Å². The second kappa shape index (κ2) is 5.24. The molecule has 1 fully saturated rings. The summed E-state index contributed by atoms with van der Waals surface area (Å²) in [5.74, 6) is 0.417. The average molecular weight is 284 g/mol. The molecule has 1 aromatic rings. The standard InChI is InChI=1S/C12H16N2O2S2/c1-9-4-2-3-5-11(9)14-12(17)13-10-6-7-18(15,16)8-10/h2-5,10H,6-8H2,1H3,(H2,13,14,17). The van der Waals surface area contributed by atoms with Crippen LogP contribution < -0.4 is 10.6 Å². The molecule has 0 saturated carbocycles. The molecule has 1 aliphatic rings. The van der Waals surface area contributed by atoms with Gasteiger partial charge in [-0.2, -0.15) is 0 Å². The molecule has 0 spiro atoms. The van der Waals surface area contributed by atoms with Crippen molar-refractivity contribution in [2.45, 2.75) is 19.4 Å². The van der Waals surface area contributed by atoms with Crippen LogP contribution in [0.15, 0.2) is 24.3 Å². The fraction of sp³-hybridized carbons (Fsp3) is 0.417. The summed E-state index contributed by atoms with van der Waals surface area (Å²) in [7, 11) is -2.87. The summed E-state index contributed by atoms with van der Waals surface area (Å²) in [6, 6.07) is 7.75. The molecule has 4 nitrogen and oxygen atoms in total. The van der Waals surface area contributed by atoms with E-state index in [0.29, 0.717) is 11.5 Å². The Morgan fingerprint density at radius 2 is 2.11 bits per heavy atom. The summed E-state index contributed by atoms with van der Waals surface area (Å²) in [4.78, 5) is 0. The number of para-hydroxylation sites is 1. The molecule has 0 radical (unpaired) electrons. The van der Waals surface area contributed by atoms with Gasteiger partial charge in [-0.15, -0.1) is 0 Å². The van der Waals surface area contributed by atoms with E-state index >= 15 is 0 Å². The van der Waals surface area contributed by atoms with E-state index in [-0.39, 0.29) is 17.5 Å². The molecule has 2 N–H and O–H groups in total. The van der Waals surface area contributed by atoms with Gasteiger partial charge < -0.3 is 10.6 Å². The second-order valence-electron chi connectivity index (χ2n) is 4.51. The summed E-state index contributed by atoms with van der Waals surface area (Å²) in [6.07, 6.45) is 0.623. The van der Waals surface area contributed by atoms with E-state index in [1.54, 1.807) is 0 Å². The zero-order valence-electron chi connectivity index (χ0n) is 10.1. The van der Waals surface area contributed by atoms with Crippen LogP contribution in [0.1, 0.15) is 12.0 Å². The van der Waals surface area contributed by atoms with E-state index in [9.17, 15) is 8.42 Å². The molecular formula is C12H16N2O2S2. The van der Waals surface area contributed by atoms with Crippen LogP contribution in [-0.4, -0.2) is 31.1 Å². The van der Waals surface area contributed by atoms with Gasteiger partial charge in [0.15, 0.2) is 14.9 Å². The van der Waals surface area contributed by atoms with Crippen LogP contribution in [0.4, 0.5) is 5.69 Å². The number of sulfone groups is 1. The number of rotatable bonds is 2. The first-order valence-corrected chi connectivity index (χ1v) is 8.03. The Labute approximate surface area is 113 Å². The maximum Gasteiger partial charge on any atom is 0.171 e. The predicted molar refractivity (Wildman–Crippen MR) is 77.6 cm³/mol. The van der Waals surface area contributed by atoms with Crippen molar-refractivity contribution in [3.63, 3.8) is 0 Å². The zero-order chi connectivity index (χ0) is 13.2. The molecular weight excluding hydrogens is 268 g/mol. The molecule has 1 heterocycles. The van der Waals surface area contributed by atoms with Crippen molar-refractivity contribution in [2.24, 2.45) is 0 Å². The monoisotopic (exact) mass is 284 g/mol. The summed E-state index contributed by atoms with van der Waals surface area (Å²) in [5.41, 5.74) is 2.04. The quantitative estimate of drug-likeness (QED) is 0.805. The Morgan fingerprint density at radius 3 is 2.72 bits per heavy atom. The first-order chi connectivity index (χ1) is 8.46. The van der Waals surface area contributed by atoms with Gasteiger partial charge in [0.1, 0.15) is 0 Å². The van der Waals surface area contributed by atoms with Gasteiger partial charge >= 0.3 is 0 Å². The molecule has 1 atom stereocenters. The molecule has 1 saturated heterocycles. The van der Waals surface area contributed by atoms with Crippen LogP contribution in [0.3, 0.4) is 0 Å². The van der Waals surface area contributed by atoms with Gasteiger partial charge in [0.05, 0.1) is 11.5 Å². The first-order valence-electron chi connectivity index (χ1n) is 5.80. The van der Waals surface area contributed by atoms with E-state index in [1.165, 1.54) is 0 Å². The lowest BCUT2D eigenvalue weighted by molar-refractivity contribution is 0.600. The number of nitrogens with one attached hydrogen (secondary N) is 2. The highest BCUT2D eigenvalue weighted by Gasteiger charge is 2.28. The second-order valence-corrected chi connectivity index (χ2v) is 7.15. The molecule has 98 valence electrons. The van der Waals surface area contributed by atoms with Crippen molar-refractivity contribution in [1.82, 2.24) is 5.32 Å². The Morgan fingerprint density at radius 1 is 1.39 bits per heavy atom. The number of benzene rings is 1. The van der Waals surface area contributed by atoms with Crippen LogP contribution >= 0.6 is 12.2 Å². The number of hydrogen-bond acceptors (Lipinski definition) is 3. The molecule has 1 unspecified atom stereocenters. The van der Waals surface area contributed by atoms with Crippen molar-refractivity contribution in [2.75, 3.05) is 16.8 Å². The summed E-state index contributed by atoms with van der Waals surface area (Å²) in [6.45, 7) is 1.99. The Balaban J connectivity index is 1.92. The van der Waals surface area contributed by atoms with E-state index in [1.807, 2.05) is 31.2 Å². The Hall–Kier alpha value is -1.14. The normalized spacial score (nSPS) is 21.5. The lowest BCUT2D eigenvalue weighted by Gasteiger charge is -2.15. The average Bonchev–Trinajstić information content (AvgIpc) is 2.61. The maximum absolute atomic E-state index is 11.3. The molecule has 1 aromatic carbocycles. The number of anilines is 1.